The summed E-state index contributed by atoms with van der Waals surface area (Å²) in [5.74, 6) is 0.650. The van der Waals surface area contributed by atoms with Crippen LogP contribution in [0.2, 0.25) is 0 Å². The van der Waals surface area contributed by atoms with E-state index in [1.54, 1.807) is 11.0 Å². The Bertz CT molecular complexity index is 452. The van der Waals surface area contributed by atoms with Crippen molar-refractivity contribution < 1.29 is 0 Å². The van der Waals surface area contributed by atoms with Crippen molar-refractivity contribution in [3.63, 3.8) is 0 Å². The standard InChI is InChI=1S/C12H17N5/c1-3-10(2)8-13-11-6-4-5-7-12(11)17-9-14-15-16-17/h4-7,9-10,13H,3,8H2,1-2H3. The quantitative estimate of drug-likeness (QED) is 0.856. The van der Waals surface area contributed by atoms with Crippen molar-refractivity contribution >= 4 is 5.69 Å². The molecule has 1 unspecified atom stereocenters. The minimum absolute atomic E-state index is 0.650. The van der Waals surface area contributed by atoms with Gasteiger partial charge in [0.05, 0.1) is 11.4 Å². The van der Waals surface area contributed by atoms with E-state index in [1.165, 1.54) is 6.42 Å². The van der Waals surface area contributed by atoms with Crippen LogP contribution in [0.15, 0.2) is 30.6 Å². The third-order valence-electron chi connectivity index (χ3n) is 2.84. The second-order valence-corrected chi connectivity index (χ2v) is 4.17. The topological polar surface area (TPSA) is 55.6 Å². The number of nitrogens with one attached hydrogen (secondary N) is 1. The Morgan fingerprint density at radius 2 is 2.18 bits per heavy atom. The van der Waals surface area contributed by atoms with E-state index in [2.05, 4.69) is 34.7 Å². The van der Waals surface area contributed by atoms with Crippen LogP contribution in [0.5, 0.6) is 0 Å². The minimum atomic E-state index is 0.650. The third-order valence-corrected chi connectivity index (χ3v) is 2.84. The number of para-hydroxylation sites is 2. The van der Waals surface area contributed by atoms with Crippen LogP contribution in [0.25, 0.3) is 5.69 Å². The summed E-state index contributed by atoms with van der Waals surface area (Å²) in [7, 11) is 0. The van der Waals surface area contributed by atoms with Crippen molar-refractivity contribution in [2.75, 3.05) is 11.9 Å². The molecule has 0 bridgehead atoms. The minimum Gasteiger partial charge on any atom is -0.383 e. The number of tetrazole rings is 1. The van der Waals surface area contributed by atoms with E-state index in [1.807, 2.05) is 24.3 Å². The van der Waals surface area contributed by atoms with Gasteiger partial charge in [0, 0.05) is 6.54 Å². The fraction of sp³-hybridized carbons (Fsp3) is 0.417. The number of benzene rings is 1. The van der Waals surface area contributed by atoms with Gasteiger partial charge >= 0.3 is 0 Å². The lowest BCUT2D eigenvalue weighted by Gasteiger charge is -2.14. The van der Waals surface area contributed by atoms with Gasteiger partial charge in [0.1, 0.15) is 6.33 Å². The zero-order valence-corrected chi connectivity index (χ0v) is 10.2. The molecule has 1 heterocycles. The highest BCUT2D eigenvalue weighted by molar-refractivity contribution is 5.60. The molecular weight excluding hydrogens is 214 g/mol. The molecule has 0 aliphatic carbocycles. The maximum atomic E-state index is 3.91. The zero-order chi connectivity index (χ0) is 12.1. The van der Waals surface area contributed by atoms with Crippen molar-refractivity contribution in [3.8, 4) is 5.69 Å². The molecule has 1 aromatic carbocycles. The van der Waals surface area contributed by atoms with Crippen LogP contribution in [0.3, 0.4) is 0 Å². The van der Waals surface area contributed by atoms with E-state index in [4.69, 9.17) is 0 Å². The Hall–Kier alpha value is -1.91. The molecule has 1 N–H and O–H groups in total. The normalized spacial score (nSPS) is 12.4. The average molecular weight is 231 g/mol. The number of hydrogen-bond acceptors (Lipinski definition) is 4. The molecule has 5 nitrogen and oxygen atoms in total. The number of nitrogens with zero attached hydrogens (tertiary/aromatic N) is 4. The Balaban J connectivity index is 2.17. The first kappa shape index (κ1) is 11.6. The molecule has 1 aromatic heterocycles. The Labute approximate surface area is 101 Å². The smallest absolute Gasteiger partial charge is 0.143 e. The largest absolute Gasteiger partial charge is 0.383 e. The van der Waals surface area contributed by atoms with Crippen LogP contribution in [0, 0.1) is 5.92 Å². The first-order valence-corrected chi connectivity index (χ1v) is 5.87. The van der Waals surface area contributed by atoms with E-state index in [0.717, 1.165) is 17.9 Å². The predicted molar refractivity (Wildman–Crippen MR) is 67.1 cm³/mol. The number of rotatable bonds is 5. The van der Waals surface area contributed by atoms with Crippen molar-refractivity contribution in [2.24, 2.45) is 5.92 Å². The van der Waals surface area contributed by atoms with Crippen LogP contribution < -0.4 is 5.32 Å². The lowest BCUT2D eigenvalue weighted by molar-refractivity contribution is 0.593. The van der Waals surface area contributed by atoms with Gasteiger partial charge in [-0.2, -0.15) is 4.68 Å². The highest BCUT2D eigenvalue weighted by Gasteiger charge is 2.05. The molecule has 0 saturated carbocycles. The van der Waals surface area contributed by atoms with Gasteiger partial charge in [-0.1, -0.05) is 32.4 Å². The Morgan fingerprint density at radius 3 is 2.88 bits per heavy atom. The molecule has 0 radical (unpaired) electrons. The molecular formula is C12H17N5. The number of hydrogen-bond donors (Lipinski definition) is 1. The van der Waals surface area contributed by atoms with Crippen LogP contribution in [-0.2, 0) is 0 Å². The van der Waals surface area contributed by atoms with Crippen LogP contribution in [0.4, 0.5) is 5.69 Å². The fourth-order valence-corrected chi connectivity index (χ4v) is 1.52. The molecule has 90 valence electrons. The van der Waals surface area contributed by atoms with Gasteiger partial charge in [-0.15, -0.1) is 5.10 Å². The molecule has 2 rings (SSSR count). The second-order valence-electron chi connectivity index (χ2n) is 4.17. The van der Waals surface area contributed by atoms with Crippen LogP contribution >= 0.6 is 0 Å². The summed E-state index contributed by atoms with van der Waals surface area (Å²) < 4.78 is 1.67. The van der Waals surface area contributed by atoms with Crippen LogP contribution in [0.1, 0.15) is 20.3 Å². The number of aromatic nitrogens is 4. The van der Waals surface area contributed by atoms with E-state index in [9.17, 15) is 0 Å². The highest BCUT2D eigenvalue weighted by Crippen LogP contribution is 2.18. The monoisotopic (exact) mass is 231 g/mol. The summed E-state index contributed by atoms with van der Waals surface area (Å²) in [6, 6.07) is 8.02. The maximum absolute atomic E-state index is 3.91. The average Bonchev–Trinajstić information content (AvgIpc) is 2.90. The van der Waals surface area contributed by atoms with E-state index in [0.29, 0.717) is 5.92 Å². The first-order valence-electron chi connectivity index (χ1n) is 5.87. The zero-order valence-electron chi connectivity index (χ0n) is 10.2. The van der Waals surface area contributed by atoms with Gasteiger partial charge in [0.15, 0.2) is 0 Å². The molecule has 0 amide bonds. The van der Waals surface area contributed by atoms with Crippen molar-refractivity contribution in [1.29, 1.82) is 0 Å². The molecule has 0 saturated heterocycles. The molecule has 0 fully saturated rings. The second kappa shape index (κ2) is 5.43. The SMILES string of the molecule is CCC(C)CNc1ccccc1-n1cnnn1. The van der Waals surface area contributed by atoms with Gasteiger partial charge in [0.25, 0.3) is 0 Å². The molecule has 5 heteroatoms. The summed E-state index contributed by atoms with van der Waals surface area (Å²) in [6.07, 6.45) is 2.77. The van der Waals surface area contributed by atoms with E-state index >= 15 is 0 Å². The summed E-state index contributed by atoms with van der Waals surface area (Å²) >= 11 is 0. The molecule has 0 aliphatic heterocycles. The Morgan fingerprint density at radius 1 is 1.35 bits per heavy atom. The van der Waals surface area contributed by atoms with Gasteiger partial charge in [-0.3, -0.25) is 0 Å². The molecule has 0 aliphatic rings. The fourth-order valence-electron chi connectivity index (χ4n) is 1.52. The molecule has 17 heavy (non-hydrogen) atoms. The van der Waals surface area contributed by atoms with E-state index < -0.39 is 0 Å². The predicted octanol–water partition coefficient (Wildman–Crippen LogP) is 2.12. The van der Waals surface area contributed by atoms with Crippen molar-refractivity contribution in [3.05, 3.63) is 30.6 Å². The van der Waals surface area contributed by atoms with Crippen LogP contribution in [-0.4, -0.2) is 26.8 Å². The summed E-state index contributed by atoms with van der Waals surface area (Å²) in [5, 5.41) is 14.7. The molecule has 0 spiro atoms. The van der Waals surface area contributed by atoms with Crippen molar-refractivity contribution in [2.45, 2.75) is 20.3 Å². The first-order chi connectivity index (χ1) is 8.31. The maximum Gasteiger partial charge on any atom is 0.143 e. The Kier molecular flexibility index (Phi) is 3.69. The molecule has 2 aromatic rings. The lowest BCUT2D eigenvalue weighted by atomic mass is 10.1. The van der Waals surface area contributed by atoms with Gasteiger partial charge in [-0.25, -0.2) is 0 Å². The number of anilines is 1. The highest BCUT2D eigenvalue weighted by atomic mass is 15.5. The molecule has 1 atom stereocenters. The lowest BCUT2D eigenvalue weighted by Crippen LogP contribution is -2.12. The third kappa shape index (κ3) is 2.81. The summed E-state index contributed by atoms with van der Waals surface area (Å²) in [4.78, 5) is 0. The van der Waals surface area contributed by atoms with Crippen molar-refractivity contribution in [1.82, 2.24) is 20.2 Å². The summed E-state index contributed by atoms with van der Waals surface area (Å²) in [5.41, 5.74) is 2.03. The van der Waals surface area contributed by atoms with Gasteiger partial charge < -0.3 is 5.32 Å². The van der Waals surface area contributed by atoms with Gasteiger partial charge in [-0.05, 0) is 28.5 Å². The van der Waals surface area contributed by atoms with E-state index in [-0.39, 0.29) is 0 Å². The summed E-state index contributed by atoms with van der Waals surface area (Å²) in [6.45, 7) is 5.38. The van der Waals surface area contributed by atoms with Gasteiger partial charge in [0.2, 0.25) is 0 Å².